The van der Waals surface area contributed by atoms with Crippen LogP contribution in [-0.2, 0) is 41.3 Å². The molecule has 0 unspecified atom stereocenters. The maximum atomic E-state index is 11.1. The van der Waals surface area contributed by atoms with Crippen molar-refractivity contribution in [2.75, 3.05) is 13.2 Å². The maximum Gasteiger partial charge on any atom is 0.192 e. The summed E-state index contributed by atoms with van der Waals surface area (Å²) in [5.74, 6) is 0. The van der Waals surface area contributed by atoms with Crippen molar-refractivity contribution in [3.8, 4) is 0 Å². The largest absolute Gasteiger partial charge is 0.411 e. The van der Waals surface area contributed by atoms with Crippen LogP contribution in [0.25, 0.3) is 0 Å². The lowest BCUT2D eigenvalue weighted by molar-refractivity contribution is -0.234. The zero-order valence-corrected chi connectivity index (χ0v) is 27.7. The smallest absolute Gasteiger partial charge is 0.192 e. The minimum Gasteiger partial charge on any atom is -0.411 e. The summed E-state index contributed by atoms with van der Waals surface area (Å²) in [4.78, 5) is 0. The van der Waals surface area contributed by atoms with E-state index in [4.69, 9.17) is 28.1 Å². The number of aliphatic hydroxyl groups excluding tert-OH is 1. The fourth-order valence-electron chi connectivity index (χ4n) is 6.12. The summed E-state index contributed by atoms with van der Waals surface area (Å²) >= 11 is 0. The summed E-state index contributed by atoms with van der Waals surface area (Å²) in [5.41, 5.74) is 2.25. The average molecular weight is 613 g/mol. The third kappa shape index (κ3) is 8.76. The van der Waals surface area contributed by atoms with Gasteiger partial charge in [0.25, 0.3) is 0 Å². The number of hydrogen-bond donors (Lipinski definition) is 1. The molecule has 8 atom stereocenters. The zero-order chi connectivity index (χ0) is 30.5. The lowest BCUT2D eigenvalue weighted by atomic mass is 9.88. The molecular formula is C35H52O7Si. The van der Waals surface area contributed by atoms with Crippen LogP contribution in [0, 0.1) is 0 Å². The molecule has 238 valence electrons. The first kappa shape index (κ1) is 32.8. The second kappa shape index (κ2) is 14.6. The van der Waals surface area contributed by atoms with Crippen LogP contribution in [0.15, 0.2) is 60.7 Å². The van der Waals surface area contributed by atoms with Gasteiger partial charge in [-0.15, -0.1) is 0 Å². The number of fused-ring (bicyclic) bond motifs is 1. The normalized spacial score (nSPS) is 31.9. The van der Waals surface area contributed by atoms with Gasteiger partial charge in [-0.05, 0) is 42.1 Å². The second-order valence-corrected chi connectivity index (χ2v) is 18.8. The van der Waals surface area contributed by atoms with Crippen molar-refractivity contribution in [1.29, 1.82) is 0 Å². The van der Waals surface area contributed by atoms with E-state index in [0.717, 1.165) is 30.6 Å². The molecule has 3 aliphatic rings. The lowest BCUT2D eigenvalue weighted by Gasteiger charge is -2.48. The minimum absolute atomic E-state index is 0.0254. The molecule has 3 aliphatic heterocycles. The van der Waals surface area contributed by atoms with Gasteiger partial charge in [-0.3, -0.25) is 0 Å². The molecule has 1 N–H and O–H groups in total. The van der Waals surface area contributed by atoms with Gasteiger partial charge in [-0.1, -0.05) is 81.4 Å². The van der Waals surface area contributed by atoms with Crippen molar-refractivity contribution in [3.05, 3.63) is 71.8 Å². The van der Waals surface area contributed by atoms with Gasteiger partial charge in [0.05, 0.1) is 62.5 Å². The first-order chi connectivity index (χ1) is 20.6. The number of rotatable bonds is 11. The third-order valence-corrected chi connectivity index (χ3v) is 14.2. The average Bonchev–Trinajstić information content (AvgIpc) is 2.98. The van der Waals surface area contributed by atoms with Crippen molar-refractivity contribution in [1.82, 2.24) is 0 Å². The Morgan fingerprint density at radius 1 is 0.814 bits per heavy atom. The highest BCUT2D eigenvalue weighted by Crippen LogP contribution is 2.41. The van der Waals surface area contributed by atoms with Crippen molar-refractivity contribution >= 4 is 8.32 Å². The van der Waals surface area contributed by atoms with E-state index in [9.17, 15) is 5.11 Å². The van der Waals surface area contributed by atoms with Crippen LogP contribution in [0.1, 0.15) is 64.0 Å². The molecular weight excluding hydrogens is 560 g/mol. The molecule has 0 radical (unpaired) electrons. The van der Waals surface area contributed by atoms with Crippen LogP contribution in [0.5, 0.6) is 0 Å². The van der Waals surface area contributed by atoms with Gasteiger partial charge in [0.1, 0.15) is 6.10 Å². The Morgan fingerprint density at radius 3 is 2.16 bits per heavy atom. The summed E-state index contributed by atoms with van der Waals surface area (Å²) in [5, 5.41) is 11.2. The fourth-order valence-corrected chi connectivity index (χ4v) is 7.48. The monoisotopic (exact) mass is 612 g/mol. The molecule has 3 saturated heterocycles. The van der Waals surface area contributed by atoms with Crippen LogP contribution in [-0.4, -0.2) is 75.5 Å². The molecule has 43 heavy (non-hydrogen) atoms. The van der Waals surface area contributed by atoms with E-state index in [-0.39, 0.29) is 47.8 Å². The molecule has 0 amide bonds. The third-order valence-electron chi connectivity index (χ3n) is 9.69. The van der Waals surface area contributed by atoms with Crippen LogP contribution in [0.4, 0.5) is 0 Å². The molecule has 7 nitrogen and oxygen atoms in total. The summed E-state index contributed by atoms with van der Waals surface area (Å²) in [7, 11) is -2.14. The Bertz CT molecular complexity index is 1110. The first-order valence-corrected chi connectivity index (χ1v) is 19.1. The topological polar surface area (TPSA) is 75.6 Å². The highest BCUT2D eigenvalue weighted by molar-refractivity contribution is 6.74. The van der Waals surface area contributed by atoms with E-state index >= 15 is 0 Å². The van der Waals surface area contributed by atoms with Crippen LogP contribution in [0.2, 0.25) is 18.1 Å². The number of hydrogen-bond acceptors (Lipinski definition) is 7. The fraction of sp³-hybridized carbons (Fsp3) is 0.657. The predicted octanol–water partition coefficient (Wildman–Crippen LogP) is 6.42. The Kier molecular flexibility index (Phi) is 11.2. The molecule has 3 heterocycles. The SMILES string of the molecule is CC(C)(C)[Si](C)(C)O[C@@H]1C[C@H](OCc2ccccc2)[C@@H](COCc2ccccc2)O[C@H]1C[C@H]1O[C@H]2CCCO[C@@H]2C[C@@H]1O. The Hall–Kier alpha value is -1.62. The van der Waals surface area contributed by atoms with E-state index < -0.39 is 14.4 Å². The summed E-state index contributed by atoms with van der Waals surface area (Å²) in [6.07, 6.45) is 1.98. The molecule has 5 rings (SSSR count). The van der Waals surface area contributed by atoms with Crippen molar-refractivity contribution in [2.45, 2.75) is 133 Å². The predicted molar refractivity (Wildman–Crippen MR) is 169 cm³/mol. The van der Waals surface area contributed by atoms with Gasteiger partial charge in [0, 0.05) is 25.9 Å². The zero-order valence-electron chi connectivity index (χ0n) is 26.7. The number of benzene rings is 2. The highest BCUT2D eigenvalue weighted by Gasteiger charge is 2.48. The van der Waals surface area contributed by atoms with E-state index in [1.807, 2.05) is 36.4 Å². The number of aliphatic hydroxyl groups is 1. The number of ether oxygens (including phenoxy) is 5. The highest BCUT2D eigenvalue weighted by atomic mass is 28.4. The van der Waals surface area contributed by atoms with E-state index in [2.05, 4.69) is 58.1 Å². The van der Waals surface area contributed by atoms with Crippen LogP contribution < -0.4 is 0 Å². The molecule has 8 heteroatoms. The second-order valence-electron chi connectivity index (χ2n) is 14.0. The van der Waals surface area contributed by atoms with Crippen molar-refractivity contribution in [3.63, 3.8) is 0 Å². The Morgan fingerprint density at radius 2 is 1.49 bits per heavy atom. The maximum absolute atomic E-state index is 11.1. The molecule has 0 bridgehead atoms. The first-order valence-electron chi connectivity index (χ1n) is 16.1. The molecule has 2 aromatic rings. The quantitative estimate of drug-likeness (QED) is 0.294. The van der Waals surface area contributed by atoms with Crippen molar-refractivity contribution < 1.29 is 33.2 Å². The van der Waals surface area contributed by atoms with Gasteiger partial charge in [-0.25, -0.2) is 0 Å². The molecule has 0 aromatic heterocycles. The van der Waals surface area contributed by atoms with Gasteiger partial charge in [0.15, 0.2) is 8.32 Å². The van der Waals surface area contributed by atoms with Crippen LogP contribution in [0.3, 0.4) is 0 Å². The standard InChI is InChI=1S/C35H52O7Si/c1-35(2,3)43(4,5)42-33-21-31(39-23-26-15-10-7-11-16-26)34(24-37-22-25-13-8-6-9-14-25)41-32(33)20-29-27(36)19-30-28(40-29)17-12-18-38-30/h6-11,13-16,27-34,36H,12,17-24H2,1-5H3/t27-,28-,29+,30+,31-,32-,33+,34+/m0/s1. The Balaban J connectivity index is 1.34. The Labute approximate surface area is 259 Å². The van der Waals surface area contributed by atoms with E-state index in [0.29, 0.717) is 39.1 Å². The minimum atomic E-state index is -2.14. The van der Waals surface area contributed by atoms with Gasteiger partial charge in [-0.2, -0.15) is 0 Å². The molecule has 0 spiro atoms. The molecule has 0 saturated carbocycles. The molecule has 3 fully saturated rings. The van der Waals surface area contributed by atoms with Gasteiger partial charge in [0.2, 0.25) is 0 Å². The summed E-state index contributed by atoms with van der Waals surface area (Å²) in [6, 6.07) is 20.5. The molecule has 2 aromatic carbocycles. The van der Waals surface area contributed by atoms with Crippen molar-refractivity contribution in [2.24, 2.45) is 0 Å². The summed E-state index contributed by atoms with van der Waals surface area (Å²) < 4.78 is 39.2. The molecule has 0 aliphatic carbocycles. The lowest BCUT2D eigenvalue weighted by Crippen LogP contribution is -2.58. The van der Waals surface area contributed by atoms with Gasteiger partial charge >= 0.3 is 0 Å². The summed E-state index contributed by atoms with van der Waals surface area (Å²) in [6.45, 7) is 13.5. The van der Waals surface area contributed by atoms with E-state index in [1.54, 1.807) is 0 Å². The van der Waals surface area contributed by atoms with E-state index in [1.165, 1.54) is 0 Å². The van der Waals surface area contributed by atoms with Gasteiger partial charge < -0.3 is 33.2 Å². The van der Waals surface area contributed by atoms with Crippen LogP contribution >= 0.6 is 0 Å².